The molecule has 0 spiro atoms. The number of carbonyl (C=O) groups excluding carboxylic acids is 1. The monoisotopic (exact) mass is 193 g/mol. The summed E-state index contributed by atoms with van der Waals surface area (Å²) in [5.41, 5.74) is 1.50. The molecule has 0 aliphatic carbocycles. The molecule has 4 nitrogen and oxygen atoms in total. The number of ether oxygens (including phenoxy) is 1. The predicted octanol–water partition coefficient (Wildman–Crippen LogP) is 2.43. The Morgan fingerprint density at radius 3 is 2.71 bits per heavy atom. The molecule has 0 aliphatic rings. The number of hydrogen-bond acceptors (Lipinski definition) is 4. The van der Waals surface area contributed by atoms with Gasteiger partial charge in [-0.1, -0.05) is 13.0 Å². The number of hydrogen-bond donors (Lipinski definition) is 0. The normalized spacial score (nSPS) is 9.57. The number of aryl methyl sites for hydroxylation is 1. The Balaban J connectivity index is 3.21. The van der Waals surface area contributed by atoms with Crippen molar-refractivity contribution in [3.8, 4) is 0 Å². The van der Waals surface area contributed by atoms with Gasteiger partial charge in [0.05, 0.1) is 12.7 Å². The molecule has 1 rings (SSSR count). The van der Waals surface area contributed by atoms with Crippen molar-refractivity contribution in [3.63, 3.8) is 0 Å². The van der Waals surface area contributed by atoms with Crippen LogP contribution in [0.4, 0.5) is 5.69 Å². The lowest BCUT2D eigenvalue weighted by atomic mass is 10.0. The van der Waals surface area contributed by atoms with Crippen molar-refractivity contribution in [2.24, 2.45) is 5.18 Å². The van der Waals surface area contributed by atoms with Crippen LogP contribution < -0.4 is 0 Å². The van der Waals surface area contributed by atoms with E-state index in [0.29, 0.717) is 12.0 Å². The summed E-state index contributed by atoms with van der Waals surface area (Å²) in [7, 11) is 1.31. The molecule has 0 aromatic heterocycles. The Morgan fingerprint density at radius 2 is 2.21 bits per heavy atom. The van der Waals surface area contributed by atoms with Gasteiger partial charge in [0.2, 0.25) is 0 Å². The van der Waals surface area contributed by atoms with Crippen molar-refractivity contribution < 1.29 is 9.53 Å². The minimum absolute atomic E-state index is 0.239. The van der Waals surface area contributed by atoms with Crippen LogP contribution in [0.15, 0.2) is 23.4 Å². The summed E-state index contributed by atoms with van der Waals surface area (Å²) in [6.45, 7) is 1.93. The molecule has 0 saturated carbocycles. The highest BCUT2D eigenvalue weighted by atomic mass is 16.5. The number of methoxy groups -OCH3 is 1. The second-order valence-electron chi connectivity index (χ2n) is 2.78. The van der Waals surface area contributed by atoms with E-state index in [-0.39, 0.29) is 5.69 Å². The van der Waals surface area contributed by atoms with Crippen molar-refractivity contribution in [1.29, 1.82) is 0 Å². The third-order valence-corrected chi connectivity index (χ3v) is 1.99. The third-order valence-electron chi connectivity index (χ3n) is 1.99. The van der Waals surface area contributed by atoms with Gasteiger partial charge in [-0.05, 0) is 29.3 Å². The molecule has 0 radical (unpaired) electrons. The molecule has 0 amide bonds. The number of nitrogens with zero attached hydrogens (tertiary/aromatic N) is 1. The maximum Gasteiger partial charge on any atom is 0.338 e. The largest absolute Gasteiger partial charge is 0.465 e. The zero-order valence-electron chi connectivity index (χ0n) is 8.11. The number of esters is 1. The number of rotatable bonds is 3. The molecule has 0 fully saturated rings. The van der Waals surface area contributed by atoms with Crippen LogP contribution in [0, 0.1) is 4.91 Å². The highest BCUT2D eigenvalue weighted by Crippen LogP contribution is 2.19. The van der Waals surface area contributed by atoms with Gasteiger partial charge >= 0.3 is 5.97 Å². The van der Waals surface area contributed by atoms with E-state index in [2.05, 4.69) is 9.91 Å². The standard InChI is InChI=1S/C10H11NO3/c1-3-7-4-5-8(11-13)6-9(7)10(12)14-2/h4-6H,3H2,1-2H3. The topological polar surface area (TPSA) is 55.7 Å². The second kappa shape index (κ2) is 4.50. The van der Waals surface area contributed by atoms with E-state index in [1.807, 2.05) is 6.92 Å². The van der Waals surface area contributed by atoms with Gasteiger partial charge in [0.15, 0.2) is 0 Å². The highest BCUT2D eigenvalue weighted by molar-refractivity contribution is 5.92. The van der Waals surface area contributed by atoms with E-state index in [0.717, 1.165) is 5.56 Å². The van der Waals surface area contributed by atoms with Crippen LogP contribution in [0.25, 0.3) is 0 Å². The van der Waals surface area contributed by atoms with E-state index >= 15 is 0 Å². The van der Waals surface area contributed by atoms with Crippen LogP contribution in [0.5, 0.6) is 0 Å². The Bertz CT molecular complexity index is 360. The van der Waals surface area contributed by atoms with E-state index in [1.165, 1.54) is 13.2 Å². The van der Waals surface area contributed by atoms with E-state index in [1.54, 1.807) is 12.1 Å². The minimum atomic E-state index is -0.438. The minimum Gasteiger partial charge on any atom is -0.465 e. The van der Waals surface area contributed by atoms with Crippen LogP contribution >= 0.6 is 0 Å². The van der Waals surface area contributed by atoms with Crippen LogP contribution in [0.2, 0.25) is 0 Å². The fourth-order valence-electron chi connectivity index (χ4n) is 1.23. The quantitative estimate of drug-likeness (QED) is 0.547. The van der Waals surface area contributed by atoms with Crippen molar-refractivity contribution in [3.05, 3.63) is 34.2 Å². The van der Waals surface area contributed by atoms with Crippen LogP contribution in [0.3, 0.4) is 0 Å². The van der Waals surface area contributed by atoms with Crippen molar-refractivity contribution in [1.82, 2.24) is 0 Å². The predicted molar refractivity (Wildman–Crippen MR) is 52.6 cm³/mol. The van der Waals surface area contributed by atoms with Gasteiger partial charge in [-0.3, -0.25) is 0 Å². The molecule has 0 unspecified atom stereocenters. The maximum atomic E-state index is 11.3. The molecular weight excluding hydrogens is 182 g/mol. The number of nitroso groups, excluding NO2 is 1. The molecule has 14 heavy (non-hydrogen) atoms. The molecule has 1 aromatic rings. The first-order valence-electron chi connectivity index (χ1n) is 4.27. The number of carbonyl (C=O) groups is 1. The summed E-state index contributed by atoms with van der Waals surface area (Å²) in [5.74, 6) is -0.438. The fourth-order valence-corrected chi connectivity index (χ4v) is 1.23. The smallest absolute Gasteiger partial charge is 0.338 e. The molecule has 4 heteroatoms. The van der Waals surface area contributed by atoms with Crippen molar-refractivity contribution in [2.45, 2.75) is 13.3 Å². The van der Waals surface area contributed by atoms with Gasteiger partial charge in [0.1, 0.15) is 5.69 Å². The second-order valence-corrected chi connectivity index (χ2v) is 2.78. The summed E-state index contributed by atoms with van der Waals surface area (Å²) in [4.78, 5) is 21.6. The van der Waals surface area contributed by atoms with E-state index in [9.17, 15) is 9.70 Å². The average Bonchev–Trinajstić information content (AvgIpc) is 2.27. The van der Waals surface area contributed by atoms with Crippen LogP contribution in [0.1, 0.15) is 22.8 Å². The zero-order valence-corrected chi connectivity index (χ0v) is 8.11. The van der Waals surface area contributed by atoms with Gasteiger partial charge in [-0.15, -0.1) is 4.91 Å². The van der Waals surface area contributed by atoms with E-state index < -0.39 is 5.97 Å². The summed E-state index contributed by atoms with van der Waals surface area (Å²) in [5, 5.41) is 2.77. The Morgan fingerprint density at radius 1 is 1.50 bits per heavy atom. The zero-order chi connectivity index (χ0) is 10.6. The molecule has 0 atom stereocenters. The summed E-state index contributed by atoms with van der Waals surface area (Å²) >= 11 is 0. The van der Waals surface area contributed by atoms with Crippen LogP contribution in [-0.4, -0.2) is 13.1 Å². The highest BCUT2D eigenvalue weighted by Gasteiger charge is 2.11. The van der Waals surface area contributed by atoms with Gasteiger partial charge < -0.3 is 4.74 Å². The molecule has 0 saturated heterocycles. The molecule has 0 bridgehead atoms. The molecule has 0 N–H and O–H groups in total. The van der Waals surface area contributed by atoms with Crippen molar-refractivity contribution in [2.75, 3.05) is 7.11 Å². The van der Waals surface area contributed by atoms with Gasteiger partial charge in [0, 0.05) is 0 Å². The molecular formula is C10H11NO3. The summed E-state index contributed by atoms with van der Waals surface area (Å²) in [6, 6.07) is 4.74. The molecule has 0 aliphatic heterocycles. The van der Waals surface area contributed by atoms with Crippen molar-refractivity contribution >= 4 is 11.7 Å². The lowest BCUT2D eigenvalue weighted by Crippen LogP contribution is -2.04. The first-order chi connectivity index (χ1) is 6.72. The van der Waals surface area contributed by atoms with Gasteiger partial charge in [0.25, 0.3) is 0 Å². The first-order valence-corrected chi connectivity index (χ1v) is 4.27. The SMILES string of the molecule is CCc1ccc(N=O)cc1C(=O)OC. The molecule has 0 heterocycles. The third kappa shape index (κ3) is 1.96. The number of benzene rings is 1. The average molecular weight is 193 g/mol. The van der Waals surface area contributed by atoms with Crippen LogP contribution in [-0.2, 0) is 11.2 Å². The Hall–Kier alpha value is -1.71. The first kappa shape index (κ1) is 10.4. The molecule has 74 valence electrons. The fraction of sp³-hybridized carbons (Fsp3) is 0.300. The Labute approximate surface area is 81.9 Å². The summed E-state index contributed by atoms with van der Waals surface area (Å²) < 4.78 is 4.60. The maximum absolute atomic E-state index is 11.3. The Kier molecular flexibility index (Phi) is 3.34. The lowest BCUT2D eigenvalue weighted by molar-refractivity contribution is 0.0599. The summed E-state index contributed by atoms with van der Waals surface area (Å²) in [6.07, 6.45) is 0.712. The molecule has 1 aromatic carbocycles. The lowest BCUT2D eigenvalue weighted by Gasteiger charge is -2.05. The van der Waals surface area contributed by atoms with Gasteiger partial charge in [-0.25, -0.2) is 4.79 Å². The van der Waals surface area contributed by atoms with Gasteiger partial charge in [-0.2, -0.15) is 0 Å². The van der Waals surface area contributed by atoms with E-state index in [4.69, 9.17) is 0 Å².